The van der Waals surface area contributed by atoms with Gasteiger partial charge in [-0.25, -0.2) is 13.4 Å². The normalized spacial score (nSPS) is 18.1. The minimum atomic E-state index is -4.42. The number of rotatable bonds is 6. The molecule has 1 fully saturated rings. The summed E-state index contributed by atoms with van der Waals surface area (Å²) < 4.78 is 71.9. The van der Waals surface area contributed by atoms with Crippen LogP contribution in [0.25, 0.3) is 22.2 Å². The molecule has 1 saturated heterocycles. The first-order valence-corrected chi connectivity index (χ1v) is 11.9. The number of unbranched alkanes of at least 4 members (excludes halogenated alkanes) is 1. The summed E-state index contributed by atoms with van der Waals surface area (Å²) in [6.45, 7) is 2.38. The molecule has 1 aromatic heterocycles. The van der Waals surface area contributed by atoms with Gasteiger partial charge >= 0.3 is 6.18 Å². The molecule has 0 spiro atoms. The molecule has 9 heteroatoms. The van der Waals surface area contributed by atoms with E-state index in [1.54, 1.807) is 24.3 Å². The van der Waals surface area contributed by atoms with Crippen LogP contribution in [0.3, 0.4) is 0 Å². The second-order valence-electron chi connectivity index (χ2n) is 7.75. The molecule has 0 radical (unpaired) electrons. The average molecular weight is 452 g/mol. The van der Waals surface area contributed by atoms with Crippen molar-refractivity contribution in [3.05, 3.63) is 53.9 Å². The minimum Gasteiger partial charge on any atom is -0.439 e. The van der Waals surface area contributed by atoms with Gasteiger partial charge < -0.3 is 4.42 Å². The highest BCUT2D eigenvalue weighted by molar-refractivity contribution is 7.89. The lowest BCUT2D eigenvalue weighted by Gasteiger charge is -2.21. The summed E-state index contributed by atoms with van der Waals surface area (Å²) in [6, 6.07) is 9.66. The van der Waals surface area contributed by atoms with Crippen molar-refractivity contribution < 1.29 is 26.0 Å². The molecular weight excluding hydrogens is 429 g/mol. The van der Waals surface area contributed by atoms with Gasteiger partial charge in [-0.1, -0.05) is 31.5 Å². The van der Waals surface area contributed by atoms with Gasteiger partial charge in [0.25, 0.3) is 0 Å². The van der Waals surface area contributed by atoms with E-state index in [-0.39, 0.29) is 5.75 Å². The fraction of sp³-hybridized carbons (Fsp3) is 0.409. The van der Waals surface area contributed by atoms with Crippen LogP contribution in [0.1, 0.15) is 50.1 Å². The summed E-state index contributed by atoms with van der Waals surface area (Å²) in [5, 5.41) is 0. The van der Waals surface area contributed by atoms with Crippen molar-refractivity contribution in [1.82, 2.24) is 9.29 Å². The van der Waals surface area contributed by atoms with Gasteiger partial charge in [-0.2, -0.15) is 17.5 Å². The third-order valence-electron chi connectivity index (χ3n) is 5.53. The molecule has 2 heterocycles. The van der Waals surface area contributed by atoms with Crippen molar-refractivity contribution in [2.45, 2.75) is 44.8 Å². The van der Waals surface area contributed by atoms with E-state index in [4.69, 9.17) is 4.42 Å². The number of oxazole rings is 1. The predicted molar refractivity (Wildman–Crippen MR) is 112 cm³/mol. The first-order valence-electron chi connectivity index (χ1n) is 10.3. The van der Waals surface area contributed by atoms with Crippen LogP contribution in [0.15, 0.2) is 46.9 Å². The van der Waals surface area contributed by atoms with E-state index in [0.717, 1.165) is 25.0 Å². The van der Waals surface area contributed by atoms with Crippen LogP contribution in [0.2, 0.25) is 0 Å². The van der Waals surface area contributed by atoms with Gasteiger partial charge in [-0.05, 0) is 54.7 Å². The van der Waals surface area contributed by atoms with E-state index in [9.17, 15) is 21.6 Å². The maximum atomic E-state index is 13.0. The van der Waals surface area contributed by atoms with Gasteiger partial charge in [0.15, 0.2) is 5.58 Å². The highest BCUT2D eigenvalue weighted by Crippen LogP contribution is 2.37. The Morgan fingerprint density at radius 2 is 1.94 bits per heavy atom. The number of hydrogen-bond donors (Lipinski definition) is 0. The summed E-state index contributed by atoms with van der Waals surface area (Å²) in [6.07, 6.45) is -1.68. The standard InChI is InChI=1S/C22H23F3N2O3S/c1-2-3-12-31(28,29)27-11-5-8-19(27)21-26-18-14-16(9-10-20(18)30-21)15-6-4-7-17(13-15)22(23,24)25/h4,6-7,9-10,13-14,19H,2-3,5,8,11-12H2,1H3. The fourth-order valence-corrected chi connectivity index (χ4v) is 5.78. The first-order chi connectivity index (χ1) is 14.7. The minimum absolute atomic E-state index is 0.0971. The Kier molecular flexibility index (Phi) is 5.83. The zero-order valence-corrected chi connectivity index (χ0v) is 17.8. The first kappa shape index (κ1) is 21.8. The molecule has 0 amide bonds. The number of halogens is 3. The summed E-state index contributed by atoms with van der Waals surface area (Å²) >= 11 is 0. The number of aromatic nitrogens is 1. The fourth-order valence-electron chi connectivity index (χ4n) is 3.91. The molecule has 31 heavy (non-hydrogen) atoms. The van der Waals surface area contributed by atoms with Crippen LogP contribution in [0.5, 0.6) is 0 Å². The topological polar surface area (TPSA) is 63.4 Å². The van der Waals surface area contributed by atoms with Gasteiger partial charge in [0.05, 0.1) is 11.3 Å². The predicted octanol–water partition coefficient (Wildman–Crippen LogP) is 5.78. The number of sulfonamides is 1. The van der Waals surface area contributed by atoms with Crippen LogP contribution in [-0.4, -0.2) is 30.0 Å². The van der Waals surface area contributed by atoms with E-state index in [2.05, 4.69) is 4.98 Å². The summed E-state index contributed by atoms with van der Waals surface area (Å²) in [5.74, 6) is 0.425. The number of fused-ring (bicyclic) bond motifs is 1. The summed E-state index contributed by atoms with van der Waals surface area (Å²) in [5.41, 5.74) is 1.25. The molecule has 3 aromatic rings. The number of benzene rings is 2. The lowest BCUT2D eigenvalue weighted by Crippen LogP contribution is -2.32. The Morgan fingerprint density at radius 1 is 1.16 bits per heavy atom. The molecule has 2 aromatic carbocycles. The van der Waals surface area contributed by atoms with Crippen molar-refractivity contribution >= 4 is 21.1 Å². The molecule has 1 aliphatic rings. The lowest BCUT2D eigenvalue weighted by atomic mass is 10.0. The van der Waals surface area contributed by atoms with E-state index in [1.165, 1.54) is 10.4 Å². The van der Waals surface area contributed by atoms with Crippen molar-refractivity contribution in [1.29, 1.82) is 0 Å². The SMILES string of the molecule is CCCCS(=O)(=O)N1CCCC1c1nc2cc(-c3cccc(C(F)(F)F)c3)ccc2o1. The zero-order valence-electron chi connectivity index (χ0n) is 17.0. The van der Waals surface area contributed by atoms with Crippen LogP contribution >= 0.6 is 0 Å². The van der Waals surface area contributed by atoms with Crippen LogP contribution < -0.4 is 0 Å². The monoisotopic (exact) mass is 452 g/mol. The average Bonchev–Trinajstić information content (AvgIpc) is 3.38. The van der Waals surface area contributed by atoms with Crippen molar-refractivity contribution in [3.8, 4) is 11.1 Å². The number of hydrogen-bond acceptors (Lipinski definition) is 4. The van der Waals surface area contributed by atoms with E-state index >= 15 is 0 Å². The lowest BCUT2D eigenvalue weighted by molar-refractivity contribution is -0.137. The molecule has 0 bridgehead atoms. The molecular formula is C22H23F3N2O3S. The van der Waals surface area contributed by atoms with E-state index in [1.807, 2.05) is 6.92 Å². The molecule has 0 N–H and O–H groups in total. The summed E-state index contributed by atoms with van der Waals surface area (Å²) in [7, 11) is -3.40. The zero-order chi connectivity index (χ0) is 22.2. The Morgan fingerprint density at radius 3 is 2.68 bits per heavy atom. The summed E-state index contributed by atoms with van der Waals surface area (Å²) in [4.78, 5) is 4.50. The molecule has 1 aliphatic heterocycles. The maximum absolute atomic E-state index is 13.0. The van der Waals surface area contributed by atoms with E-state index < -0.39 is 27.8 Å². The molecule has 1 unspecified atom stereocenters. The van der Waals surface area contributed by atoms with Crippen LogP contribution in [0, 0.1) is 0 Å². The third-order valence-corrected chi connectivity index (χ3v) is 7.49. The van der Waals surface area contributed by atoms with Crippen LogP contribution in [-0.2, 0) is 16.2 Å². The second kappa shape index (κ2) is 8.27. The molecule has 1 atom stereocenters. The Labute approximate surface area is 178 Å². The molecule has 0 aliphatic carbocycles. The quantitative estimate of drug-likeness (QED) is 0.476. The largest absolute Gasteiger partial charge is 0.439 e. The highest BCUT2D eigenvalue weighted by Gasteiger charge is 2.37. The Hall–Kier alpha value is -2.39. The van der Waals surface area contributed by atoms with Gasteiger partial charge in [-0.15, -0.1) is 0 Å². The molecule has 4 rings (SSSR count). The molecule has 5 nitrogen and oxygen atoms in total. The van der Waals surface area contributed by atoms with Crippen LogP contribution in [0.4, 0.5) is 13.2 Å². The number of alkyl halides is 3. The number of nitrogens with zero attached hydrogens (tertiary/aromatic N) is 2. The molecule has 0 saturated carbocycles. The highest BCUT2D eigenvalue weighted by atomic mass is 32.2. The Bertz CT molecular complexity index is 1190. The van der Waals surface area contributed by atoms with Crippen molar-refractivity contribution in [2.24, 2.45) is 0 Å². The molecule has 166 valence electrons. The van der Waals surface area contributed by atoms with Gasteiger partial charge in [0.2, 0.25) is 15.9 Å². The van der Waals surface area contributed by atoms with Crippen molar-refractivity contribution in [3.63, 3.8) is 0 Å². The van der Waals surface area contributed by atoms with Gasteiger partial charge in [-0.3, -0.25) is 0 Å². The van der Waals surface area contributed by atoms with Crippen molar-refractivity contribution in [2.75, 3.05) is 12.3 Å². The van der Waals surface area contributed by atoms with E-state index in [0.29, 0.717) is 47.5 Å². The van der Waals surface area contributed by atoms with Gasteiger partial charge in [0.1, 0.15) is 11.6 Å². The second-order valence-corrected chi connectivity index (χ2v) is 9.79. The Balaban J connectivity index is 1.65. The maximum Gasteiger partial charge on any atom is 0.416 e. The van der Waals surface area contributed by atoms with Gasteiger partial charge in [0, 0.05) is 6.54 Å². The third kappa shape index (κ3) is 4.48. The smallest absolute Gasteiger partial charge is 0.416 e.